The molecule has 0 aliphatic carbocycles. The highest BCUT2D eigenvalue weighted by Crippen LogP contribution is 2.19. The lowest BCUT2D eigenvalue weighted by Gasteiger charge is -2.10. The van der Waals surface area contributed by atoms with Crippen LogP contribution in [0.2, 0.25) is 0 Å². The van der Waals surface area contributed by atoms with E-state index in [1.165, 1.54) is 67.8 Å². The van der Waals surface area contributed by atoms with Crippen LogP contribution >= 0.6 is 22.6 Å². The minimum absolute atomic E-state index is 1.28. The summed E-state index contributed by atoms with van der Waals surface area (Å²) in [5.74, 6) is 0. The highest BCUT2D eigenvalue weighted by Gasteiger charge is 2.03. The maximum Gasteiger partial charge on any atom is 0.0133 e. The second-order valence-electron chi connectivity index (χ2n) is 5.53. The summed E-state index contributed by atoms with van der Waals surface area (Å²) in [7, 11) is 0. The zero-order chi connectivity index (χ0) is 13.9. The predicted molar refractivity (Wildman–Crippen MR) is 94.9 cm³/mol. The van der Waals surface area contributed by atoms with Crippen molar-refractivity contribution in [2.45, 2.75) is 78.1 Å². The maximum atomic E-state index is 2.44. The van der Waals surface area contributed by atoms with Gasteiger partial charge in [-0.2, -0.15) is 0 Å². The predicted octanol–water partition coefficient (Wildman–Crippen LogP) is 6.54. The van der Waals surface area contributed by atoms with Gasteiger partial charge in [-0.1, -0.05) is 58.4 Å². The van der Waals surface area contributed by atoms with Crippen LogP contribution in [-0.4, -0.2) is 0 Å². The highest BCUT2D eigenvalue weighted by molar-refractivity contribution is 14.1. The Kier molecular flexibility index (Phi) is 9.58. The first-order valence-electron chi connectivity index (χ1n) is 8.05. The summed E-state index contributed by atoms with van der Waals surface area (Å²) in [5.41, 5.74) is 3.22. The van der Waals surface area contributed by atoms with Crippen molar-refractivity contribution >= 4 is 22.6 Å². The zero-order valence-electron chi connectivity index (χ0n) is 12.7. The van der Waals surface area contributed by atoms with Crippen LogP contribution in [0.25, 0.3) is 0 Å². The molecule has 1 aromatic carbocycles. The molecule has 19 heavy (non-hydrogen) atoms. The summed E-state index contributed by atoms with van der Waals surface area (Å²) < 4.78 is 1.39. The molecule has 0 unspecified atom stereocenters. The van der Waals surface area contributed by atoms with Crippen molar-refractivity contribution in [2.75, 3.05) is 0 Å². The fourth-order valence-electron chi connectivity index (χ4n) is 2.56. The monoisotopic (exact) mass is 372 g/mol. The topological polar surface area (TPSA) is 0 Å². The molecule has 1 heteroatoms. The quantitative estimate of drug-likeness (QED) is 0.323. The molecule has 0 saturated heterocycles. The van der Waals surface area contributed by atoms with E-state index in [1.807, 2.05) is 0 Å². The van der Waals surface area contributed by atoms with Gasteiger partial charge in [0.15, 0.2) is 0 Å². The Bertz CT molecular complexity index is 344. The first-order valence-corrected chi connectivity index (χ1v) is 9.13. The van der Waals surface area contributed by atoms with Gasteiger partial charge < -0.3 is 0 Å². The molecule has 0 radical (unpaired) electrons. The fourth-order valence-corrected chi connectivity index (χ4v) is 3.11. The van der Waals surface area contributed by atoms with Crippen molar-refractivity contribution in [3.05, 3.63) is 32.9 Å². The van der Waals surface area contributed by atoms with E-state index >= 15 is 0 Å². The van der Waals surface area contributed by atoms with Gasteiger partial charge in [0.1, 0.15) is 0 Å². The first-order chi connectivity index (χ1) is 9.27. The number of hydrogen-bond acceptors (Lipinski definition) is 0. The molecule has 0 aromatic heterocycles. The van der Waals surface area contributed by atoms with E-state index in [9.17, 15) is 0 Å². The lowest BCUT2D eigenvalue weighted by atomic mass is 9.97. The van der Waals surface area contributed by atoms with Crippen molar-refractivity contribution in [3.8, 4) is 0 Å². The molecule has 0 spiro atoms. The summed E-state index contributed by atoms with van der Waals surface area (Å²) in [6.45, 7) is 4.56. The highest BCUT2D eigenvalue weighted by atomic mass is 127. The molecule has 0 atom stereocenters. The van der Waals surface area contributed by atoms with Gasteiger partial charge in [-0.15, -0.1) is 0 Å². The Morgan fingerprint density at radius 1 is 0.737 bits per heavy atom. The molecule has 1 rings (SSSR count). The number of aryl methyl sites for hydroxylation is 2. The molecule has 0 amide bonds. The third kappa shape index (κ3) is 7.34. The van der Waals surface area contributed by atoms with E-state index in [0.29, 0.717) is 0 Å². The molecular formula is C18H29I. The Hall–Kier alpha value is -0.0500. The van der Waals surface area contributed by atoms with E-state index < -0.39 is 0 Å². The summed E-state index contributed by atoms with van der Waals surface area (Å²) in [5, 5.41) is 0. The lowest BCUT2D eigenvalue weighted by Crippen LogP contribution is -1.96. The van der Waals surface area contributed by atoms with Crippen LogP contribution in [0.5, 0.6) is 0 Å². The van der Waals surface area contributed by atoms with Gasteiger partial charge in [-0.05, 0) is 71.5 Å². The molecule has 0 bridgehead atoms. The Labute approximate surface area is 133 Å². The van der Waals surface area contributed by atoms with E-state index in [-0.39, 0.29) is 0 Å². The number of benzene rings is 1. The molecule has 108 valence electrons. The van der Waals surface area contributed by atoms with E-state index in [4.69, 9.17) is 0 Å². The van der Waals surface area contributed by atoms with Crippen LogP contribution in [0.1, 0.15) is 76.3 Å². The van der Waals surface area contributed by atoms with Crippen LogP contribution in [0.3, 0.4) is 0 Å². The largest absolute Gasteiger partial charge is 0.0654 e. The van der Waals surface area contributed by atoms with Gasteiger partial charge in [-0.25, -0.2) is 0 Å². The molecule has 0 saturated carbocycles. The number of unbranched alkanes of at least 4 members (excludes halogenated alkanes) is 6. The second-order valence-corrected chi connectivity index (χ2v) is 6.78. The molecule has 1 aromatic rings. The fraction of sp³-hybridized carbons (Fsp3) is 0.667. The molecule has 0 aliphatic heterocycles. The smallest absolute Gasteiger partial charge is 0.0133 e. The molecule has 0 heterocycles. The van der Waals surface area contributed by atoms with Crippen molar-refractivity contribution < 1.29 is 0 Å². The average Bonchev–Trinajstić information content (AvgIpc) is 2.41. The molecule has 0 aliphatic rings. The minimum atomic E-state index is 1.28. The number of hydrogen-bond donors (Lipinski definition) is 0. The molecular weight excluding hydrogens is 343 g/mol. The molecule has 0 N–H and O–H groups in total. The SMILES string of the molecule is CCCCCCc1ccc(I)cc1CCCCCC. The third-order valence-electron chi connectivity index (χ3n) is 3.77. The van der Waals surface area contributed by atoms with Gasteiger partial charge >= 0.3 is 0 Å². The summed E-state index contributed by atoms with van der Waals surface area (Å²) >= 11 is 2.44. The number of rotatable bonds is 10. The molecule has 0 fully saturated rings. The minimum Gasteiger partial charge on any atom is -0.0654 e. The van der Waals surface area contributed by atoms with Gasteiger partial charge in [-0.3, -0.25) is 0 Å². The zero-order valence-corrected chi connectivity index (χ0v) is 14.8. The standard InChI is InChI=1S/C18H29I/c1-3-5-7-9-11-16-13-14-18(19)15-17(16)12-10-8-6-4-2/h13-15H,3-12H2,1-2H3. The van der Waals surface area contributed by atoms with Crippen LogP contribution in [0.15, 0.2) is 18.2 Å². The Morgan fingerprint density at radius 3 is 1.89 bits per heavy atom. The van der Waals surface area contributed by atoms with Crippen LogP contribution < -0.4 is 0 Å². The third-order valence-corrected chi connectivity index (χ3v) is 4.44. The second kappa shape index (κ2) is 10.7. The van der Waals surface area contributed by atoms with Gasteiger partial charge in [0.25, 0.3) is 0 Å². The van der Waals surface area contributed by atoms with Crippen molar-refractivity contribution in [1.82, 2.24) is 0 Å². The van der Waals surface area contributed by atoms with E-state index in [0.717, 1.165) is 0 Å². The van der Waals surface area contributed by atoms with E-state index in [2.05, 4.69) is 54.6 Å². The van der Waals surface area contributed by atoms with Crippen molar-refractivity contribution in [1.29, 1.82) is 0 Å². The van der Waals surface area contributed by atoms with Crippen LogP contribution in [0.4, 0.5) is 0 Å². The summed E-state index contributed by atoms with van der Waals surface area (Å²) in [6.07, 6.45) is 13.5. The Balaban J connectivity index is 2.48. The normalized spacial score (nSPS) is 10.9. The number of halogens is 1. The molecule has 0 nitrogen and oxygen atoms in total. The summed E-state index contributed by atoms with van der Waals surface area (Å²) in [4.78, 5) is 0. The van der Waals surface area contributed by atoms with E-state index in [1.54, 1.807) is 11.1 Å². The van der Waals surface area contributed by atoms with Crippen molar-refractivity contribution in [3.63, 3.8) is 0 Å². The average molecular weight is 372 g/mol. The first kappa shape index (κ1) is 17.0. The van der Waals surface area contributed by atoms with Gasteiger partial charge in [0.05, 0.1) is 0 Å². The van der Waals surface area contributed by atoms with Crippen LogP contribution in [0, 0.1) is 3.57 Å². The summed E-state index contributed by atoms with van der Waals surface area (Å²) in [6, 6.07) is 7.04. The Morgan fingerprint density at radius 2 is 1.32 bits per heavy atom. The van der Waals surface area contributed by atoms with Crippen molar-refractivity contribution in [2.24, 2.45) is 0 Å². The van der Waals surface area contributed by atoms with Gasteiger partial charge in [0, 0.05) is 3.57 Å². The van der Waals surface area contributed by atoms with Gasteiger partial charge in [0.2, 0.25) is 0 Å². The van der Waals surface area contributed by atoms with Crippen LogP contribution in [-0.2, 0) is 12.8 Å². The lowest BCUT2D eigenvalue weighted by molar-refractivity contribution is 0.650. The maximum absolute atomic E-state index is 2.44.